The zero-order valence-electron chi connectivity index (χ0n) is 15.2. The number of nitrogens with two attached hydrogens (primary N) is 1. The van der Waals surface area contributed by atoms with Crippen LogP contribution >= 0.6 is 0 Å². The summed E-state index contributed by atoms with van der Waals surface area (Å²) in [6.45, 7) is 8.53. The van der Waals surface area contributed by atoms with E-state index >= 15 is 0 Å². The second-order valence-electron chi connectivity index (χ2n) is 7.02. The normalized spacial score (nSPS) is 12.0. The SMILES string of the molecule is CC(C)CC(CC(=O)O)CC(=O)O.CC(C)CC(CN)CC(=O)O. The highest BCUT2D eigenvalue weighted by molar-refractivity contribution is 5.70. The van der Waals surface area contributed by atoms with Crippen molar-refractivity contribution < 1.29 is 29.7 Å². The Labute approximate surface area is 144 Å². The van der Waals surface area contributed by atoms with Gasteiger partial charge >= 0.3 is 17.9 Å². The minimum absolute atomic E-state index is 0.0511. The second kappa shape index (κ2) is 13.8. The predicted octanol–water partition coefficient (Wildman–Crippen LogP) is 2.68. The molecule has 0 aromatic rings. The van der Waals surface area contributed by atoms with E-state index in [2.05, 4.69) is 13.8 Å². The van der Waals surface area contributed by atoms with E-state index < -0.39 is 17.9 Å². The van der Waals surface area contributed by atoms with Gasteiger partial charge in [0.25, 0.3) is 0 Å². The van der Waals surface area contributed by atoms with E-state index in [1.54, 1.807) is 0 Å². The molecule has 0 spiro atoms. The second-order valence-corrected chi connectivity index (χ2v) is 7.02. The molecule has 7 nitrogen and oxygen atoms in total. The van der Waals surface area contributed by atoms with Gasteiger partial charge in [-0.05, 0) is 43.1 Å². The molecule has 1 atom stereocenters. The lowest BCUT2D eigenvalue weighted by Crippen LogP contribution is -2.19. The number of carboxylic acid groups (broad SMARTS) is 3. The average Bonchev–Trinajstić information content (AvgIpc) is 2.34. The van der Waals surface area contributed by atoms with E-state index in [0.29, 0.717) is 24.8 Å². The largest absolute Gasteiger partial charge is 0.481 e. The lowest BCUT2D eigenvalue weighted by Gasteiger charge is -2.14. The Morgan fingerprint density at radius 2 is 1.00 bits per heavy atom. The molecule has 0 fully saturated rings. The van der Waals surface area contributed by atoms with Crippen molar-refractivity contribution in [2.45, 2.75) is 59.8 Å². The third kappa shape index (κ3) is 18.4. The Balaban J connectivity index is 0. The van der Waals surface area contributed by atoms with Crippen LogP contribution in [0.25, 0.3) is 0 Å². The number of carbonyl (C=O) groups is 3. The van der Waals surface area contributed by atoms with Crippen molar-refractivity contribution in [3.63, 3.8) is 0 Å². The van der Waals surface area contributed by atoms with E-state index in [0.717, 1.165) is 6.42 Å². The number of hydrogen-bond donors (Lipinski definition) is 4. The van der Waals surface area contributed by atoms with Gasteiger partial charge in [0, 0.05) is 19.3 Å². The van der Waals surface area contributed by atoms with Crippen LogP contribution in [0.2, 0.25) is 0 Å². The van der Waals surface area contributed by atoms with Gasteiger partial charge in [-0.2, -0.15) is 0 Å². The van der Waals surface area contributed by atoms with E-state index in [1.807, 2.05) is 13.8 Å². The molecule has 0 aromatic heterocycles. The topological polar surface area (TPSA) is 138 Å². The fourth-order valence-corrected chi connectivity index (χ4v) is 2.58. The van der Waals surface area contributed by atoms with Gasteiger partial charge in [-0.1, -0.05) is 27.7 Å². The summed E-state index contributed by atoms with van der Waals surface area (Å²) in [7, 11) is 0. The maximum atomic E-state index is 10.4. The first-order valence-corrected chi connectivity index (χ1v) is 8.33. The molecule has 0 bridgehead atoms. The molecule has 0 rings (SSSR count). The quantitative estimate of drug-likeness (QED) is 0.450. The summed E-state index contributed by atoms with van der Waals surface area (Å²) in [5.74, 6) is -1.83. The van der Waals surface area contributed by atoms with Crippen LogP contribution in [0.4, 0.5) is 0 Å². The van der Waals surface area contributed by atoms with Gasteiger partial charge in [0.15, 0.2) is 0 Å². The van der Waals surface area contributed by atoms with Crippen molar-refractivity contribution in [1.82, 2.24) is 0 Å². The molecule has 0 aliphatic carbocycles. The Morgan fingerprint density at radius 1 is 0.708 bits per heavy atom. The average molecular weight is 347 g/mol. The Bertz CT molecular complexity index is 365. The third-order valence-electron chi connectivity index (χ3n) is 3.33. The molecular formula is C17H33NO6. The Morgan fingerprint density at radius 3 is 1.25 bits per heavy atom. The van der Waals surface area contributed by atoms with Crippen LogP contribution in [-0.4, -0.2) is 39.8 Å². The summed E-state index contributed by atoms with van der Waals surface area (Å²) in [4.78, 5) is 31.1. The van der Waals surface area contributed by atoms with Crippen LogP contribution in [0.5, 0.6) is 0 Å². The van der Waals surface area contributed by atoms with Crippen LogP contribution < -0.4 is 5.73 Å². The number of aliphatic carboxylic acids is 3. The van der Waals surface area contributed by atoms with E-state index in [-0.39, 0.29) is 31.1 Å². The van der Waals surface area contributed by atoms with Gasteiger partial charge in [0.1, 0.15) is 0 Å². The fraction of sp³-hybridized carbons (Fsp3) is 0.824. The van der Waals surface area contributed by atoms with Gasteiger partial charge in [-0.3, -0.25) is 14.4 Å². The van der Waals surface area contributed by atoms with Crippen molar-refractivity contribution in [2.75, 3.05) is 6.54 Å². The molecule has 0 radical (unpaired) electrons. The van der Waals surface area contributed by atoms with Crippen molar-refractivity contribution in [3.05, 3.63) is 0 Å². The van der Waals surface area contributed by atoms with Crippen molar-refractivity contribution in [1.29, 1.82) is 0 Å². The molecule has 0 aliphatic rings. The maximum absolute atomic E-state index is 10.4. The molecule has 0 aromatic carbocycles. The van der Waals surface area contributed by atoms with E-state index in [9.17, 15) is 14.4 Å². The van der Waals surface area contributed by atoms with Crippen molar-refractivity contribution >= 4 is 17.9 Å². The molecule has 0 saturated carbocycles. The molecule has 0 heterocycles. The summed E-state index contributed by atoms with van der Waals surface area (Å²) in [6.07, 6.45) is 1.66. The minimum atomic E-state index is -0.924. The molecule has 0 aliphatic heterocycles. The highest BCUT2D eigenvalue weighted by atomic mass is 16.4. The molecule has 7 heteroatoms. The van der Waals surface area contributed by atoms with Gasteiger partial charge in [0.2, 0.25) is 0 Å². The highest BCUT2D eigenvalue weighted by Crippen LogP contribution is 2.19. The fourth-order valence-electron chi connectivity index (χ4n) is 2.58. The smallest absolute Gasteiger partial charge is 0.303 e. The maximum Gasteiger partial charge on any atom is 0.303 e. The van der Waals surface area contributed by atoms with Crippen LogP contribution in [0, 0.1) is 23.7 Å². The lowest BCUT2D eigenvalue weighted by atomic mass is 9.91. The summed E-state index contributed by atoms with van der Waals surface area (Å²) in [5, 5.41) is 25.5. The first-order chi connectivity index (χ1) is 11.0. The number of rotatable bonds is 11. The molecule has 0 amide bonds. The van der Waals surface area contributed by atoms with E-state index in [1.165, 1.54) is 0 Å². The first kappa shape index (κ1) is 24.6. The zero-order chi connectivity index (χ0) is 19.3. The molecule has 5 N–H and O–H groups in total. The Kier molecular flexibility index (Phi) is 14.1. The van der Waals surface area contributed by atoms with Crippen LogP contribution in [0.15, 0.2) is 0 Å². The lowest BCUT2D eigenvalue weighted by molar-refractivity contribution is -0.141. The number of hydrogen-bond acceptors (Lipinski definition) is 4. The zero-order valence-corrected chi connectivity index (χ0v) is 15.2. The molecule has 1 unspecified atom stereocenters. The van der Waals surface area contributed by atoms with Crippen LogP contribution in [-0.2, 0) is 14.4 Å². The van der Waals surface area contributed by atoms with Crippen molar-refractivity contribution in [2.24, 2.45) is 29.4 Å². The summed E-state index contributed by atoms with van der Waals surface area (Å²) < 4.78 is 0. The predicted molar refractivity (Wildman–Crippen MR) is 91.7 cm³/mol. The molecule has 0 saturated heterocycles. The summed E-state index contributed by atoms with van der Waals surface area (Å²) in [5.41, 5.74) is 5.41. The van der Waals surface area contributed by atoms with Gasteiger partial charge in [-0.25, -0.2) is 0 Å². The molecule has 142 valence electrons. The summed E-state index contributed by atoms with van der Waals surface area (Å²) in [6, 6.07) is 0. The summed E-state index contributed by atoms with van der Waals surface area (Å²) >= 11 is 0. The Hall–Kier alpha value is -1.63. The first-order valence-electron chi connectivity index (χ1n) is 8.33. The minimum Gasteiger partial charge on any atom is -0.481 e. The number of carboxylic acids is 3. The molecular weight excluding hydrogens is 314 g/mol. The van der Waals surface area contributed by atoms with Crippen LogP contribution in [0.1, 0.15) is 59.8 Å². The van der Waals surface area contributed by atoms with E-state index in [4.69, 9.17) is 21.1 Å². The van der Waals surface area contributed by atoms with Gasteiger partial charge < -0.3 is 21.1 Å². The highest BCUT2D eigenvalue weighted by Gasteiger charge is 2.17. The van der Waals surface area contributed by atoms with Gasteiger partial charge in [-0.15, -0.1) is 0 Å². The monoisotopic (exact) mass is 347 g/mol. The van der Waals surface area contributed by atoms with Crippen molar-refractivity contribution in [3.8, 4) is 0 Å². The standard InChI is InChI=1S/C9H16O4.C8H17NO2/c1-6(2)3-7(4-8(10)11)5-9(12)13;1-6(2)3-7(5-9)4-8(10)11/h6-7H,3-5H2,1-2H3,(H,10,11)(H,12,13);6-7H,3-5,9H2,1-2H3,(H,10,11). The van der Waals surface area contributed by atoms with Crippen LogP contribution in [0.3, 0.4) is 0 Å². The van der Waals surface area contributed by atoms with Gasteiger partial charge in [0.05, 0.1) is 0 Å². The molecule has 24 heavy (non-hydrogen) atoms. The third-order valence-corrected chi connectivity index (χ3v) is 3.33.